The number of nitrogens with zero attached hydrogens (tertiary/aromatic N) is 1. The van der Waals surface area contributed by atoms with E-state index in [1.165, 1.54) is 6.29 Å². The summed E-state index contributed by atoms with van der Waals surface area (Å²) in [5.74, 6) is 2.35. The van der Waals surface area contributed by atoms with E-state index in [1.807, 2.05) is 0 Å². The van der Waals surface area contributed by atoms with Crippen LogP contribution in [0.4, 0.5) is 0 Å². The molecule has 2 rings (SSSR count). The summed E-state index contributed by atoms with van der Waals surface area (Å²) in [7, 11) is 0.0543. The van der Waals surface area contributed by atoms with E-state index in [-0.39, 0.29) is 7.53 Å². The zero-order valence-corrected chi connectivity index (χ0v) is 8.81. The molecule has 1 aliphatic heterocycles. The monoisotopic (exact) mass is 180 g/mol. The van der Waals surface area contributed by atoms with Gasteiger partial charge in [-0.25, -0.2) is 4.58 Å². The molecule has 0 aromatic carbocycles. The van der Waals surface area contributed by atoms with Crippen LogP contribution in [0.2, 0.25) is 0 Å². The highest BCUT2D eigenvalue weighted by molar-refractivity contribution is 7.50. The van der Waals surface area contributed by atoms with Crippen LogP contribution in [0.3, 0.4) is 0 Å². The fourth-order valence-electron chi connectivity index (χ4n) is 1.44. The third kappa shape index (κ3) is 1.23. The predicted octanol–water partition coefficient (Wildman–Crippen LogP) is 2.87. The van der Waals surface area contributed by atoms with Gasteiger partial charge in [-0.05, 0) is 40.2 Å². The van der Waals surface area contributed by atoms with Crippen molar-refractivity contribution in [3.63, 3.8) is 0 Å². The summed E-state index contributed by atoms with van der Waals surface area (Å²) in [6, 6.07) is 4.44. The maximum Gasteiger partial charge on any atom is 0.180 e. The summed E-state index contributed by atoms with van der Waals surface area (Å²) in [6.07, 6.45) is 3.55. The molecule has 2 heteroatoms. The first-order valence-electron chi connectivity index (χ1n) is 4.34. The summed E-state index contributed by atoms with van der Waals surface area (Å²) in [6.45, 7) is 6.81. The van der Waals surface area contributed by atoms with E-state index in [1.54, 1.807) is 5.30 Å². The molecule has 0 saturated carbocycles. The van der Waals surface area contributed by atoms with E-state index < -0.39 is 0 Å². The molecule has 2 heterocycles. The molecule has 0 aliphatic carbocycles. The maximum absolute atomic E-state index is 2.45. The third-order valence-electron chi connectivity index (χ3n) is 2.32. The summed E-state index contributed by atoms with van der Waals surface area (Å²) >= 11 is 0. The van der Waals surface area contributed by atoms with E-state index in [0.717, 1.165) is 0 Å². The van der Waals surface area contributed by atoms with Gasteiger partial charge in [0.1, 0.15) is 0 Å². The molecule has 0 radical (unpaired) electrons. The average molecular weight is 180 g/mol. The Morgan fingerprint density at radius 3 is 2.75 bits per heavy atom. The van der Waals surface area contributed by atoms with Crippen molar-refractivity contribution < 1.29 is 4.58 Å². The van der Waals surface area contributed by atoms with Crippen LogP contribution in [0.1, 0.15) is 26.1 Å². The minimum absolute atomic E-state index is 0.0543. The summed E-state index contributed by atoms with van der Waals surface area (Å²) in [4.78, 5) is 0. The third-order valence-corrected chi connectivity index (χ3v) is 4.39. The van der Waals surface area contributed by atoms with Crippen LogP contribution in [0, 0.1) is 0 Å². The molecule has 0 fully saturated rings. The van der Waals surface area contributed by atoms with Gasteiger partial charge in [0, 0.05) is 0 Å². The first-order chi connectivity index (χ1) is 5.57. The van der Waals surface area contributed by atoms with Crippen LogP contribution < -0.4 is 0 Å². The van der Waals surface area contributed by atoms with E-state index >= 15 is 0 Å². The molecule has 12 heavy (non-hydrogen) atoms. The summed E-state index contributed by atoms with van der Waals surface area (Å²) in [5.41, 5.74) is 0.293. The largest absolute Gasteiger partial charge is 0.223 e. The Morgan fingerprint density at radius 1 is 1.42 bits per heavy atom. The van der Waals surface area contributed by atoms with Gasteiger partial charge in [0.05, 0.1) is 5.30 Å². The van der Waals surface area contributed by atoms with Gasteiger partial charge in [-0.1, -0.05) is 6.07 Å². The Bertz CT molecular complexity index is 328. The van der Waals surface area contributed by atoms with Crippen molar-refractivity contribution in [2.75, 3.05) is 0 Å². The molecule has 0 N–H and O–H groups in total. The molecule has 1 unspecified atom stereocenters. The average Bonchev–Trinajstić information content (AvgIpc) is 2.37. The van der Waals surface area contributed by atoms with Crippen molar-refractivity contribution >= 4 is 13.7 Å². The first kappa shape index (κ1) is 8.07. The highest BCUT2D eigenvalue weighted by atomic mass is 31.1. The van der Waals surface area contributed by atoms with Gasteiger partial charge < -0.3 is 0 Å². The van der Waals surface area contributed by atoms with Gasteiger partial charge >= 0.3 is 0 Å². The van der Waals surface area contributed by atoms with Gasteiger partial charge in [0.2, 0.25) is 0 Å². The van der Waals surface area contributed by atoms with Crippen molar-refractivity contribution in [3.05, 3.63) is 23.2 Å². The molecule has 0 bridgehead atoms. The molecule has 1 atom stereocenters. The highest BCUT2D eigenvalue weighted by Crippen LogP contribution is 2.39. The normalized spacial score (nSPS) is 17.6. The number of rotatable bonds is 0. The molecule has 0 saturated heterocycles. The quantitative estimate of drug-likeness (QED) is 0.540. The van der Waals surface area contributed by atoms with Crippen LogP contribution in [0.25, 0.3) is 0 Å². The molecule has 64 valence electrons. The second kappa shape index (κ2) is 2.47. The molecular formula is C10H15NP+. The van der Waals surface area contributed by atoms with Crippen molar-refractivity contribution in [1.82, 2.24) is 0 Å². The van der Waals surface area contributed by atoms with Gasteiger partial charge in [-0.15, -0.1) is 0 Å². The van der Waals surface area contributed by atoms with Crippen molar-refractivity contribution in [1.29, 1.82) is 0 Å². The molecule has 1 aliphatic rings. The van der Waals surface area contributed by atoms with Gasteiger partial charge in [0.15, 0.2) is 18.0 Å². The summed E-state index contributed by atoms with van der Waals surface area (Å²) < 4.78 is 2.45. The Balaban J connectivity index is 2.34. The zero-order valence-electron chi connectivity index (χ0n) is 7.91. The fraction of sp³-hybridized carbons (Fsp3) is 0.500. The van der Waals surface area contributed by atoms with Crippen LogP contribution in [-0.2, 0) is 6.29 Å². The lowest BCUT2D eigenvalue weighted by atomic mass is 10.1. The lowest BCUT2D eigenvalue weighted by Gasteiger charge is -2.14. The van der Waals surface area contributed by atoms with E-state index in [2.05, 4.69) is 49.5 Å². The topological polar surface area (TPSA) is 3.01 Å². The lowest BCUT2D eigenvalue weighted by Crippen LogP contribution is -2.30. The number of fused-ring (bicyclic) bond motifs is 1. The Hall–Kier alpha value is -0.550. The molecule has 0 amide bonds. The lowest BCUT2D eigenvalue weighted by molar-refractivity contribution is -0.594. The standard InChI is InChI=1S/C10H15NP/c1-10(2,3)11-7-9-5-4-6-12(9)8-11/h4-7H,8H2,1-3H3/q+1. The smallest absolute Gasteiger partial charge is 0.180 e. The van der Waals surface area contributed by atoms with E-state index in [9.17, 15) is 0 Å². The van der Waals surface area contributed by atoms with Gasteiger partial charge in [-0.3, -0.25) is 0 Å². The van der Waals surface area contributed by atoms with Crippen molar-refractivity contribution in [2.45, 2.75) is 32.6 Å². The zero-order chi connectivity index (χ0) is 8.77. The molecular weight excluding hydrogens is 165 g/mol. The minimum atomic E-state index is 0.0543. The Kier molecular flexibility index (Phi) is 1.66. The molecule has 1 nitrogen and oxygen atoms in total. The first-order valence-corrected chi connectivity index (χ1v) is 5.94. The minimum Gasteiger partial charge on any atom is -0.223 e. The van der Waals surface area contributed by atoms with Crippen LogP contribution >= 0.6 is 7.53 Å². The number of hydrogen-bond acceptors (Lipinski definition) is 0. The van der Waals surface area contributed by atoms with Crippen molar-refractivity contribution in [2.24, 2.45) is 0 Å². The Morgan fingerprint density at radius 2 is 2.17 bits per heavy atom. The van der Waals surface area contributed by atoms with E-state index in [0.29, 0.717) is 5.54 Å². The molecule has 1 aromatic heterocycles. The summed E-state index contributed by atoms with van der Waals surface area (Å²) in [5, 5.41) is 1.54. The predicted molar refractivity (Wildman–Crippen MR) is 54.3 cm³/mol. The fourth-order valence-corrected chi connectivity index (χ4v) is 3.57. The highest BCUT2D eigenvalue weighted by Gasteiger charge is 2.29. The van der Waals surface area contributed by atoms with Gasteiger partial charge in [0.25, 0.3) is 0 Å². The maximum atomic E-state index is 2.45. The van der Waals surface area contributed by atoms with Crippen LogP contribution in [0.15, 0.2) is 17.9 Å². The van der Waals surface area contributed by atoms with Crippen molar-refractivity contribution in [3.8, 4) is 0 Å². The van der Waals surface area contributed by atoms with Crippen LogP contribution in [0.5, 0.6) is 0 Å². The SMILES string of the molecule is CC(C)(C)[N+]1=Cc2cccp2C1. The number of hydrogen-bond donors (Lipinski definition) is 0. The molecule has 0 spiro atoms. The molecule has 1 aromatic rings. The Labute approximate surface area is 74.8 Å². The second-order valence-electron chi connectivity index (χ2n) is 4.31. The van der Waals surface area contributed by atoms with E-state index in [4.69, 9.17) is 0 Å². The van der Waals surface area contributed by atoms with Crippen LogP contribution in [-0.4, -0.2) is 16.3 Å². The second-order valence-corrected chi connectivity index (χ2v) is 6.35. The van der Waals surface area contributed by atoms with Gasteiger partial charge in [-0.2, -0.15) is 0 Å².